The van der Waals surface area contributed by atoms with E-state index in [4.69, 9.17) is 9.47 Å². The minimum absolute atomic E-state index is 0.408. The minimum Gasteiger partial charge on any atom is -0.491 e. The molecule has 1 fully saturated rings. The van der Waals surface area contributed by atoms with Crippen LogP contribution in [0.25, 0.3) is 0 Å². The van der Waals surface area contributed by atoms with E-state index in [0.29, 0.717) is 0 Å². The van der Waals surface area contributed by atoms with Gasteiger partial charge in [0.15, 0.2) is 12.3 Å². The fourth-order valence-corrected chi connectivity index (χ4v) is 2.40. The molecule has 0 spiro atoms. The van der Waals surface area contributed by atoms with Crippen molar-refractivity contribution >= 4 is 0 Å². The van der Waals surface area contributed by atoms with Crippen LogP contribution in [0.2, 0.25) is 0 Å². The van der Waals surface area contributed by atoms with Crippen molar-refractivity contribution in [1.29, 1.82) is 0 Å². The molecule has 2 heterocycles. The van der Waals surface area contributed by atoms with Crippen molar-refractivity contribution in [3.63, 3.8) is 0 Å². The van der Waals surface area contributed by atoms with Gasteiger partial charge in [0.2, 0.25) is 0 Å². The number of hydrogen-bond acceptors (Lipinski definition) is 6. The second-order valence-electron chi connectivity index (χ2n) is 5.37. The summed E-state index contributed by atoms with van der Waals surface area (Å²) >= 11 is 0. The second kappa shape index (κ2) is 8.09. The molecule has 0 saturated carbocycles. The summed E-state index contributed by atoms with van der Waals surface area (Å²) < 4.78 is 12.2. The molecule has 0 aliphatic carbocycles. The number of allylic oxidation sites excluding steroid dienone is 1. The van der Waals surface area contributed by atoms with Gasteiger partial charge in [0.05, 0.1) is 12.9 Å². The Balaban J connectivity index is 2.19. The molecule has 8 heteroatoms. The van der Waals surface area contributed by atoms with Crippen LogP contribution >= 0.6 is 0 Å². The van der Waals surface area contributed by atoms with E-state index < -0.39 is 42.4 Å². The molecular formula is C15H22N2O6. The van der Waals surface area contributed by atoms with Crippen LogP contribution in [-0.4, -0.2) is 44.7 Å². The van der Waals surface area contributed by atoms with Crippen molar-refractivity contribution < 1.29 is 19.7 Å². The summed E-state index contributed by atoms with van der Waals surface area (Å²) in [6, 6.07) is 1.18. The molecule has 23 heavy (non-hydrogen) atoms. The zero-order chi connectivity index (χ0) is 16.8. The summed E-state index contributed by atoms with van der Waals surface area (Å²) in [6.07, 6.45) is 3.71. The highest BCUT2D eigenvalue weighted by Gasteiger charge is 2.46. The Morgan fingerprint density at radius 2 is 2.26 bits per heavy atom. The lowest BCUT2D eigenvalue weighted by Gasteiger charge is -2.21. The lowest BCUT2D eigenvalue weighted by atomic mass is 10.1. The van der Waals surface area contributed by atoms with Gasteiger partial charge in [-0.3, -0.25) is 14.3 Å². The number of nitrogens with zero attached hydrogens (tertiary/aromatic N) is 1. The highest BCUT2D eigenvalue weighted by atomic mass is 16.6. The van der Waals surface area contributed by atoms with Crippen molar-refractivity contribution in [3.05, 3.63) is 45.4 Å². The van der Waals surface area contributed by atoms with Crippen LogP contribution in [0.1, 0.15) is 32.4 Å². The molecule has 128 valence electrons. The normalized spacial score (nSPS) is 27.6. The first kappa shape index (κ1) is 17.5. The van der Waals surface area contributed by atoms with Crippen LogP contribution < -0.4 is 11.2 Å². The molecule has 1 saturated heterocycles. The Morgan fingerprint density at radius 1 is 1.48 bits per heavy atom. The number of aliphatic hydroxyl groups excluding tert-OH is 2. The summed E-state index contributed by atoms with van der Waals surface area (Å²) in [7, 11) is 0. The van der Waals surface area contributed by atoms with E-state index in [2.05, 4.69) is 11.9 Å². The third-order valence-corrected chi connectivity index (χ3v) is 3.67. The molecule has 2 rings (SSSR count). The van der Waals surface area contributed by atoms with Crippen LogP contribution in [0.15, 0.2) is 34.2 Å². The van der Waals surface area contributed by atoms with Gasteiger partial charge >= 0.3 is 5.69 Å². The topological polar surface area (TPSA) is 114 Å². The average molecular weight is 326 g/mol. The van der Waals surface area contributed by atoms with E-state index in [-0.39, 0.29) is 0 Å². The monoisotopic (exact) mass is 326 g/mol. The van der Waals surface area contributed by atoms with Gasteiger partial charge in [0, 0.05) is 12.3 Å². The molecular weight excluding hydrogens is 304 g/mol. The van der Waals surface area contributed by atoms with Crippen LogP contribution in [0, 0.1) is 0 Å². The van der Waals surface area contributed by atoms with Gasteiger partial charge in [0.1, 0.15) is 12.2 Å². The van der Waals surface area contributed by atoms with E-state index in [1.165, 1.54) is 18.5 Å². The Kier molecular flexibility index (Phi) is 6.14. The highest BCUT2D eigenvalue weighted by Crippen LogP contribution is 2.30. The predicted molar refractivity (Wildman–Crippen MR) is 81.9 cm³/mol. The first-order valence-corrected chi connectivity index (χ1v) is 7.64. The molecule has 2 unspecified atom stereocenters. The lowest BCUT2D eigenvalue weighted by molar-refractivity contribution is -0.0568. The summed E-state index contributed by atoms with van der Waals surface area (Å²) in [5, 5.41) is 19.5. The van der Waals surface area contributed by atoms with Gasteiger partial charge in [-0.25, -0.2) is 4.79 Å². The van der Waals surface area contributed by atoms with Crippen molar-refractivity contribution in [2.45, 2.75) is 50.7 Å². The Morgan fingerprint density at radius 3 is 2.91 bits per heavy atom. The van der Waals surface area contributed by atoms with E-state index in [1.807, 2.05) is 6.08 Å². The van der Waals surface area contributed by atoms with Crippen molar-refractivity contribution in [2.24, 2.45) is 0 Å². The first-order valence-electron chi connectivity index (χ1n) is 7.64. The van der Waals surface area contributed by atoms with Crippen LogP contribution in [0.4, 0.5) is 0 Å². The molecule has 0 aromatic carbocycles. The van der Waals surface area contributed by atoms with Gasteiger partial charge in [-0.1, -0.05) is 13.3 Å². The zero-order valence-corrected chi connectivity index (χ0v) is 12.9. The number of aromatic amines is 1. The zero-order valence-electron chi connectivity index (χ0n) is 12.9. The quantitative estimate of drug-likeness (QED) is 0.475. The maximum Gasteiger partial charge on any atom is 0.330 e. The van der Waals surface area contributed by atoms with E-state index in [1.54, 1.807) is 0 Å². The Hall–Kier alpha value is -1.90. The summed E-state index contributed by atoms with van der Waals surface area (Å²) in [4.78, 5) is 25.2. The minimum atomic E-state index is -1.10. The number of aliphatic hydroxyl groups is 2. The van der Waals surface area contributed by atoms with Crippen molar-refractivity contribution in [2.75, 3.05) is 6.61 Å². The average Bonchev–Trinajstić information content (AvgIpc) is 2.83. The van der Waals surface area contributed by atoms with Gasteiger partial charge < -0.3 is 19.7 Å². The molecule has 0 bridgehead atoms. The number of ether oxygens (including phenoxy) is 2. The van der Waals surface area contributed by atoms with E-state index in [0.717, 1.165) is 23.8 Å². The fraction of sp³-hybridized carbons (Fsp3) is 0.600. The molecule has 3 N–H and O–H groups in total. The molecule has 1 aromatic heterocycles. The number of hydrogen-bond donors (Lipinski definition) is 3. The predicted octanol–water partition coefficient (Wildman–Crippen LogP) is -0.124. The van der Waals surface area contributed by atoms with E-state index in [9.17, 15) is 19.8 Å². The second-order valence-corrected chi connectivity index (χ2v) is 5.37. The number of H-pyrrole nitrogens is 1. The standard InChI is InChI=1S/C15H22N2O6/c1-2-3-4-5-8-22-13-12(20)10(9-18)23-14(13)17-7-6-11(19)16-15(17)21/h5-8,10,12-14,18,20H,2-4,9H2,1H3,(H,16,19,21)/t10-,12?,13?,14-/m0/s1. The largest absolute Gasteiger partial charge is 0.491 e. The molecule has 1 aliphatic heterocycles. The number of nitrogens with one attached hydrogen (secondary N) is 1. The SMILES string of the molecule is CCCCC=COC1C(O)[C@H](CO)O[C@@H]1n1ccc(=O)[nH]c1=O. The number of unbranched alkanes of at least 4 members (excludes halogenated alkanes) is 2. The van der Waals surface area contributed by atoms with Gasteiger partial charge in [-0.05, 0) is 18.9 Å². The number of rotatable bonds is 7. The highest BCUT2D eigenvalue weighted by molar-refractivity contribution is 4.95. The molecule has 4 atom stereocenters. The fourth-order valence-electron chi connectivity index (χ4n) is 2.40. The van der Waals surface area contributed by atoms with Gasteiger partial charge in [-0.15, -0.1) is 0 Å². The molecule has 1 aromatic rings. The summed E-state index contributed by atoms with van der Waals surface area (Å²) in [5.74, 6) is 0. The first-order chi connectivity index (χ1) is 11.1. The maximum absolute atomic E-state index is 11.9. The van der Waals surface area contributed by atoms with Crippen molar-refractivity contribution in [1.82, 2.24) is 9.55 Å². The smallest absolute Gasteiger partial charge is 0.330 e. The lowest BCUT2D eigenvalue weighted by Crippen LogP contribution is -2.38. The Bertz CT molecular complexity index is 637. The van der Waals surface area contributed by atoms with Gasteiger partial charge in [0.25, 0.3) is 5.56 Å². The van der Waals surface area contributed by atoms with Crippen LogP contribution in [-0.2, 0) is 9.47 Å². The third kappa shape index (κ3) is 4.10. The third-order valence-electron chi connectivity index (χ3n) is 3.67. The summed E-state index contributed by atoms with van der Waals surface area (Å²) in [5.41, 5.74) is -1.20. The Labute approximate surface area is 133 Å². The van der Waals surface area contributed by atoms with E-state index >= 15 is 0 Å². The molecule has 0 radical (unpaired) electrons. The molecule has 8 nitrogen and oxygen atoms in total. The van der Waals surface area contributed by atoms with Gasteiger partial charge in [-0.2, -0.15) is 0 Å². The maximum atomic E-state index is 11.9. The van der Waals surface area contributed by atoms with Crippen LogP contribution in [0.3, 0.4) is 0 Å². The molecule has 0 amide bonds. The number of aromatic nitrogens is 2. The molecule has 1 aliphatic rings. The van der Waals surface area contributed by atoms with Crippen LogP contribution in [0.5, 0.6) is 0 Å². The summed E-state index contributed by atoms with van der Waals surface area (Å²) in [6.45, 7) is 1.67. The van der Waals surface area contributed by atoms with Crippen molar-refractivity contribution in [3.8, 4) is 0 Å².